The largest absolute Gasteiger partial charge is 0.491 e. The van der Waals surface area contributed by atoms with Crippen LogP contribution in [0.15, 0.2) is 42.5 Å². The highest BCUT2D eigenvalue weighted by Gasteiger charge is 2.31. The van der Waals surface area contributed by atoms with Gasteiger partial charge in [-0.1, -0.05) is 30.3 Å². The number of nitrogens with one attached hydrogen (secondary N) is 3. The van der Waals surface area contributed by atoms with Gasteiger partial charge in [-0.25, -0.2) is 0 Å². The Labute approximate surface area is 176 Å². The summed E-state index contributed by atoms with van der Waals surface area (Å²) in [5.41, 5.74) is 2.81. The minimum Gasteiger partial charge on any atom is -0.491 e. The van der Waals surface area contributed by atoms with Crippen LogP contribution in [-0.2, 0) is 4.74 Å². The number of rotatable bonds is 6. The highest BCUT2D eigenvalue weighted by Crippen LogP contribution is 2.41. The fourth-order valence-corrected chi connectivity index (χ4v) is 3.98. The van der Waals surface area contributed by atoms with Gasteiger partial charge in [0, 0.05) is 43.7 Å². The Bertz CT molecular complexity index is 910. The zero-order valence-electron chi connectivity index (χ0n) is 17.1. The number of fused-ring (bicyclic) bond motifs is 1. The van der Waals surface area contributed by atoms with E-state index in [1.165, 1.54) is 0 Å². The first kappa shape index (κ1) is 20.4. The number of benzene rings is 2. The molecule has 0 aliphatic carbocycles. The Kier molecular flexibility index (Phi) is 6.30. The van der Waals surface area contributed by atoms with Crippen LogP contribution in [-0.4, -0.2) is 57.8 Å². The number of amides is 2. The fourth-order valence-electron chi connectivity index (χ4n) is 3.98. The highest BCUT2D eigenvalue weighted by atomic mass is 16.5. The first-order valence-electron chi connectivity index (χ1n) is 10.4. The van der Waals surface area contributed by atoms with Crippen molar-refractivity contribution in [2.45, 2.75) is 18.4 Å². The molecule has 158 valence electrons. The van der Waals surface area contributed by atoms with Crippen molar-refractivity contribution in [2.24, 2.45) is 0 Å². The second-order valence-corrected chi connectivity index (χ2v) is 7.54. The van der Waals surface area contributed by atoms with Gasteiger partial charge in [0.05, 0.1) is 24.9 Å². The van der Waals surface area contributed by atoms with E-state index in [4.69, 9.17) is 9.47 Å². The first-order valence-corrected chi connectivity index (χ1v) is 10.4. The molecule has 7 nitrogen and oxygen atoms in total. The monoisotopic (exact) mass is 409 g/mol. The number of morpholine rings is 1. The van der Waals surface area contributed by atoms with Crippen LogP contribution in [0.3, 0.4) is 0 Å². The molecule has 3 N–H and O–H groups in total. The summed E-state index contributed by atoms with van der Waals surface area (Å²) in [6.07, 6.45) is 0.846. The van der Waals surface area contributed by atoms with Gasteiger partial charge in [-0.15, -0.1) is 0 Å². The van der Waals surface area contributed by atoms with Crippen molar-refractivity contribution < 1.29 is 19.1 Å². The summed E-state index contributed by atoms with van der Waals surface area (Å²) in [5, 5.41) is 8.88. The summed E-state index contributed by atoms with van der Waals surface area (Å²) in [6, 6.07) is 13.4. The third-order valence-electron chi connectivity index (χ3n) is 5.58. The number of hydrogen-bond donors (Lipinski definition) is 3. The number of carbonyl (C=O) groups excluding carboxylic acids is 2. The van der Waals surface area contributed by atoms with Crippen LogP contribution in [0, 0.1) is 0 Å². The smallest absolute Gasteiger partial charge is 0.254 e. The lowest BCUT2D eigenvalue weighted by atomic mass is 9.90. The van der Waals surface area contributed by atoms with E-state index in [-0.39, 0.29) is 23.8 Å². The molecular formula is C23H27N3O4. The normalized spacial score (nSPS) is 20.2. The molecule has 2 aliphatic rings. The maximum atomic E-state index is 12.9. The molecule has 0 radical (unpaired) electrons. The zero-order valence-corrected chi connectivity index (χ0v) is 17.1. The molecule has 30 heavy (non-hydrogen) atoms. The molecule has 2 amide bonds. The fraction of sp³-hybridized carbons (Fsp3) is 0.391. The van der Waals surface area contributed by atoms with Crippen molar-refractivity contribution in [3.63, 3.8) is 0 Å². The molecule has 2 atom stereocenters. The van der Waals surface area contributed by atoms with Gasteiger partial charge < -0.3 is 25.4 Å². The van der Waals surface area contributed by atoms with Crippen LogP contribution in [0.4, 0.5) is 0 Å². The molecule has 2 aromatic rings. The summed E-state index contributed by atoms with van der Waals surface area (Å²) in [5.74, 6) is 0.0715. The molecule has 2 aliphatic heterocycles. The van der Waals surface area contributed by atoms with Crippen LogP contribution in [0.2, 0.25) is 0 Å². The van der Waals surface area contributed by atoms with E-state index in [2.05, 4.69) is 16.0 Å². The van der Waals surface area contributed by atoms with Crippen molar-refractivity contribution in [1.29, 1.82) is 0 Å². The lowest BCUT2D eigenvalue weighted by Gasteiger charge is -2.23. The predicted octanol–water partition coefficient (Wildman–Crippen LogP) is 1.68. The number of hydrogen-bond acceptors (Lipinski definition) is 5. The minimum atomic E-state index is -0.267. The molecule has 4 rings (SSSR count). The summed E-state index contributed by atoms with van der Waals surface area (Å²) in [6.45, 7) is 3.31. The van der Waals surface area contributed by atoms with E-state index in [1.807, 2.05) is 36.4 Å². The summed E-state index contributed by atoms with van der Waals surface area (Å²) < 4.78 is 11.6. The van der Waals surface area contributed by atoms with E-state index >= 15 is 0 Å². The third-order valence-corrected chi connectivity index (χ3v) is 5.58. The van der Waals surface area contributed by atoms with Crippen LogP contribution < -0.4 is 20.7 Å². The standard InChI is InChI=1S/C23H27N3O4/c1-24-23(28)19-12-16(22(27)26-8-7-17-13-25-9-10-29-17)11-18-20(14-30-21(18)19)15-5-3-2-4-6-15/h2-6,11-12,17,20,25H,7-10,13-14H2,1H3,(H,24,28)(H,26,27)/t17-,20?/m1/s1. The van der Waals surface area contributed by atoms with Gasteiger partial charge in [-0.05, 0) is 24.1 Å². The van der Waals surface area contributed by atoms with Crippen molar-refractivity contribution in [3.05, 3.63) is 64.7 Å². The molecule has 0 bridgehead atoms. The Morgan fingerprint density at radius 2 is 2.00 bits per heavy atom. The van der Waals surface area contributed by atoms with Gasteiger partial charge in [0.1, 0.15) is 5.75 Å². The van der Waals surface area contributed by atoms with E-state index < -0.39 is 0 Å². The third kappa shape index (κ3) is 4.32. The van der Waals surface area contributed by atoms with Crippen molar-refractivity contribution >= 4 is 11.8 Å². The summed E-state index contributed by atoms with van der Waals surface area (Å²) >= 11 is 0. The van der Waals surface area contributed by atoms with Crippen LogP contribution >= 0.6 is 0 Å². The Hall–Kier alpha value is -2.90. The van der Waals surface area contributed by atoms with Gasteiger partial charge in [0.25, 0.3) is 11.8 Å². The average Bonchev–Trinajstić information content (AvgIpc) is 3.23. The molecule has 7 heteroatoms. The SMILES string of the molecule is CNC(=O)c1cc(C(=O)NCC[C@@H]2CNCCO2)cc2c1OCC2c1ccccc1. The lowest BCUT2D eigenvalue weighted by Crippen LogP contribution is -2.40. The summed E-state index contributed by atoms with van der Waals surface area (Å²) in [4.78, 5) is 25.3. The Balaban J connectivity index is 1.55. The molecule has 2 aromatic carbocycles. The lowest BCUT2D eigenvalue weighted by molar-refractivity contribution is 0.0239. The quantitative estimate of drug-likeness (QED) is 0.676. The first-order chi connectivity index (χ1) is 14.7. The second-order valence-electron chi connectivity index (χ2n) is 7.54. The molecule has 2 heterocycles. The van der Waals surface area contributed by atoms with E-state index in [9.17, 15) is 9.59 Å². The van der Waals surface area contributed by atoms with Crippen LogP contribution in [0.25, 0.3) is 0 Å². The average molecular weight is 409 g/mol. The van der Waals surface area contributed by atoms with Crippen LogP contribution in [0.1, 0.15) is 44.2 Å². The highest BCUT2D eigenvalue weighted by molar-refractivity contribution is 6.02. The van der Waals surface area contributed by atoms with Crippen molar-refractivity contribution in [3.8, 4) is 5.75 Å². The molecular weight excluding hydrogens is 382 g/mol. The van der Waals surface area contributed by atoms with Crippen molar-refractivity contribution in [1.82, 2.24) is 16.0 Å². The van der Waals surface area contributed by atoms with E-state index in [0.717, 1.165) is 30.6 Å². The molecule has 1 fully saturated rings. The summed E-state index contributed by atoms with van der Waals surface area (Å²) in [7, 11) is 1.57. The maximum Gasteiger partial charge on any atom is 0.254 e. The topological polar surface area (TPSA) is 88.7 Å². The molecule has 1 saturated heterocycles. The second kappa shape index (κ2) is 9.28. The van der Waals surface area contributed by atoms with E-state index in [0.29, 0.717) is 36.6 Å². The van der Waals surface area contributed by atoms with Gasteiger partial charge >= 0.3 is 0 Å². The Morgan fingerprint density at radius 1 is 1.17 bits per heavy atom. The van der Waals surface area contributed by atoms with Crippen LogP contribution in [0.5, 0.6) is 5.75 Å². The number of carbonyl (C=O) groups is 2. The maximum absolute atomic E-state index is 12.9. The van der Waals surface area contributed by atoms with Gasteiger partial charge in [-0.3, -0.25) is 9.59 Å². The van der Waals surface area contributed by atoms with Gasteiger partial charge in [0.15, 0.2) is 0 Å². The van der Waals surface area contributed by atoms with E-state index in [1.54, 1.807) is 13.1 Å². The predicted molar refractivity (Wildman–Crippen MR) is 113 cm³/mol. The minimum absolute atomic E-state index is 0.0148. The van der Waals surface area contributed by atoms with Gasteiger partial charge in [0.2, 0.25) is 0 Å². The van der Waals surface area contributed by atoms with Crippen molar-refractivity contribution in [2.75, 3.05) is 39.9 Å². The molecule has 0 spiro atoms. The Morgan fingerprint density at radius 3 is 2.73 bits per heavy atom. The number of ether oxygens (including phenoxy) is 2. The van der Waals surface area contributed by atoms with Gasteiger partial charge in [-0.2, -0.15) is 0 Å². The zero-order chi connectivity index (χ0) is 20.9. The molecule has 0 saturated carbocycles. The molecule has 1 unspecified atom stereocenters. The molecule has 0 aromatic heterocycles.